The van der Waals surface area contributed by atoms with Crippen molar-refractivity contribution >= 4 is 11.3 Å². The summed E-state index contributed by atoms with van der Waals surface area (Å²) in [6.45, 7) is 0.955. The third-order valence-corrected chi connectivity index (χ3v) is 4.62. The number of alkyl halides is 3. The number of thiazole rings is 1. The quantitative estimate of drug-likeness (QED) is 0.623. The summed E-state index contributed by atoms with van der Waals surface area (Å²) in [5.74, 6) is -0.285. The van der Waals surface area contributed by atoms with Gasteiger partial charge >= 0.3 is 6.18 Å². The zero-order chi connectivity index (χ0) is 17.9. The van der Waals surface area contributed by atoms with Crippen molar-refractivity contribution in [1.29, 1.82) is 0 Å². The van der Waals surface area contributed by atoms with Crippen LogP contribution >= 0.6 is 11.3 Å². The minimum atomic E-state index is -4.32. The molecule has 7 heteroatoms. The average molecular weight is 366 g/mol. The second-order valence-electron chi connectivity index (χ2n) is 5.42. The second-order valence-corrected chi connectivity index (χ2v) is 6.54. The van der Waals surface area contributed by atoms with E-state index in [-0.39, 0.29) is 5.82 Å². The molecule has 1 aromatic heterocycles. The van der Waals surface area contributed by atoms with Crippen molar-refractivity contribution in [2.75, 3.05) is 0 Å². The van der Waals surface area contributed by atoms with Gasteiger partial charge in [-0.2, -0.15) is 13.2 Å². The molecule has 0 spiro atoms. The van der Waals surface area contributed by atoms with Crippen molar-refractivity contribution in [3.8, 4) is 10.4 Å². The van der Waals surface area contributed by atoms with Crippen molar-refractivity contribution in [2.24, 2.45) is 0 Å². The Morgan fingerprint density at radius 2 is 1.60 bits per heavy atom. The van der Waals surface area contributed by atoms with Gasteiger partial charge in [0.25, 0.3) is 0 Å². The number of hydrogen-bond acceptors (Lipinski definition) is 3. The largest absolute Gasteiger partial charge is 0.416 e. The van der Waals surface area contributed by atoms with Crippen LogP contribution in [-0.2, 0) is 19.3 Å². The Bertz CT molecular complexity index is 824. The number of benzene rings is 2. The number of aromatic nitrogens is 1. The molecule has 1 N–H and O–H groups in total. The molecule has 25 heavy (non-hydrogen) atoms. The van der Waals surface area contributed by atoms with E-state index in [0.717, 1.165) is 33.1 Å². The molecule has 2 aromatic carbocycles. The maximum atomic E-state index is 12.9. The molecule has 2 nitrogen and oxygen atoms in total. The van der Waals surface area contributed by atoms with Crippen LogP contribution in [0.2, 0.25) is 0 Å². The normalized spacial score (nSPS) is 11.7. The van der Waals surface area contributed by atoms with Gasteiger partial charge in [0.05, 0.1) is 10.4 Å². The van der Waals surface area contributed by atoms with E-state index in [1.165, 1.54) is 35.6 Å². The van der Waals surface area contributed by atoms with Crippen LogP contribution in [0.15, 0.2) is 54.7 Å². The highest BCUT2D eigenvalue weighted by Crippen LogP contribution is 2.29. The van der Waals surface area contributed by atoms with E-state index in [4.69, 9.17) is 0 Å². The maximum Gasteiger partial charge on any atom is 0.416 e. The Hall–Kier alpha value is -2.25. The van der Waals surface area contributed by atoms with E-state index in [9.17, 15) is 17.6 Å². The summed E-state index contributed by atoms with van der Waals surface area (Å²) < 4.78 is 50.5. The van der Waals surface area contributed by atoms with Gasteiger partial charge in [0.15, 0.2) is 0 Å². The minimum Gasteiger partial charge on any atom is -0.306 e. The smallest absolute Gasteiger partial charge is 0.306 e. The predicted octanol–water partition coefficient (Wildman–Crippen LogP) is 5.26. The molecule has 1 heterocycles. The van der Waals surface area contributed by atoms with E-state index >= 15 is 0 Å². The molecule has 0 atom stereocenters. The molecule has 0 fully saturated rings. The first-order valence-corrected chi connectivity index (χ1v) is 8.31. The summed E-state index contributed by atoms with van der Waals surface area (Å²) in [6.07, 6.45) is -2.59. The summed E-state index contributed by atoms with van der Waals surface area (Å²) in [4.78, 5) is 5.24. The summed E-state index contributed by atoms with van der Waals surface area (Å²) in [5, 5.41) is 4.01. The van der Waals surface area contributed by atoms with Crippen LogP contribution in [0.25, 0.3) is 10.4 Å². The van der Waals surface area contributed by atoms with Gasteiger partial charge in [-0.3, -0.25) is 0 Å². The maximum absolute atomic E-state index is 12.9. The van der Waals surface area contributed by atoms with E-state index in [2.05, 4.69) is 10.3 Å². The monoisotopic (exact) mass is 366 g/mol. The first kappa shape index (κ1) is 17.6. The van der Waals surface area contributed by atoms with E-state index in [1.807, 2.05) is 0 Å². The number of halogens is 4. The first-order chi connectivity index (χ1) is 11.9. The lowest BCUT2D eigenvalue weighted by Gasteiger charge is -2.08. The van der Waals surface area contributed by atoms with Crippen LogP contribution < -0.4 is 5.32 Å². The molecule has 0 saturated carbocycles. The summed E-state index contributed by atoms with van der Waals surface area (Å²) in [5.41, 5.74) is 1.01. The van der Waals surface area contributed by atoms with Gasteiger partial charge in [-0.15, -0.1) is 11.3 Å². The summed E-state index contributed by atoms with van der Waals surface area (Å²) in [6, 6.07) is 11.3. The van der Waals surface area contributed by atoms with Gasteiger partial charge in [-0.25, -0.2) is 9.37 Å². The van der Waals surface area contributed by atoms with Crippen molar-refractivity contribution < 1.29 is 17.6 Å². The molecular weight excluding hydrogens is 352 g/mol. The molecule has 0 radical (unpaired) electrons. The summed E-state index contributed by atoms with van der Waals surface area (Å²) >= 11 is 1.49. The van der Waals surface area contributed by atoms with Crippen molar-refractivity contribution in [2.45, 2.75) is 19.3 Å². The number of rotatable bonds is 5. The molecule has 3 rings (SSSR count). The van der Waals surface area contributed by atoms with Crippen molar-refractivity contribution in [1.82, 2.24) is 10.3 Å². The van der Waals surface area contributed by atoms with Crippen LogP contribution in [0.5, 0.6) is 0 Å². The van der Waals surface area contributed by atoms with E-state index in [1.54, 1.807) is 18.3 Å². The SMILES string of the molecule is Fc1ccc(-c2cnc(CNCc3ccc(C(F)(F)F)cc3)s2)cc1. The summed E-state index contributed by atoms with van der Waals surface area (Å²) in [7, 11) is 0. The highest BCUT2D eigenvalue weighted by Gasteiger charge is 2.29. The molecule has 0 amide bonds. The third kappa shape index (κ3) is 4.64. The topological polar surface area (TPSA) is 24.9 Å². The fourth-order valence-electron chi connectivity index (χ4n) is 2.26. The van der Waals surface area contributed by atoms with Gasteiger partial charge in [0.1, 0.15) is 10.8 Å². The third-order valence-electron chi connectivity index (χ3n) is 3.57. The highest BCUT2D eigenvalue weighted by atomic mass is 32.1. The van der Waals surface area contributed by atoms with Crippen LogP contribution in [0.1, 0.15) is 16.1 Å². The van der Waals surface area contributed by atoms with Crippen molar-refractivity contribution in [3.63, 3.8) is 0 Å². The van der Waals surface area contributed by atoms with Crippen molar-refractivity contribution in [3.05, 3.63) is 76.7 Å². The average Bonchev–Trinajstić information content (AvgIpc) is 3.04. The second kappa shape index (κ2) is 7.33. The zero-order valence-corrected chi connectivity index (χ0v) is 13.8. The van der Waals surface area contributed by atoms with E-state index < -0.39 is 11.7 Å². The molecule has 0 bridgehead atoms. The Labute approximate surface area is 146 Å². The Morgan fingerprint density at radius 3 is 2.24 bits per heavy atom. The fourth-order valence-corrected chi connectivity index (χ4v) is 3.16. The van der Waals surface area contributed by atoms with Crippen LogP contribution in [0.4, 0.5) is 17.6 Å². The lowest BCUT2D eigenvalue weighted by molar-refractivity contribution is -0.137. The lowest BCUT2D eigenvalue weighted by atomic mass is 10.1. The van der Waals surface area contributed by atoms with E-state index in [0.29, 0.717) is 13.1 Å². The zero-order valence-electron chi connectivity index (χ0n) is 13.0. The molecule has 0 unspecified atom stereocenters. The fraction of sp³-hybridized carbons (Fsp3) is 0.167. The number of nitrogens with one attached hydrogen (secondary N) is 1. The first-order valence-electron chi connectivity index (χ1n) is 7.49. The van der Waals surface area contributed by atoms with Crippen LogP contribution in [0.3, 0.4) is 0 Å². The Balaban J connectivity index is 1.55. The number of hydrogen-bond donors (Lipinski definition) is 1. The molecular formula is C18H14F4N2S. The molecule has 130 valence electrons. The Morgan fingerprint density at radius 1 is 0.920 bits per heavy atom. The van der Waals surface area contributed by atoms with Crippen LogP contribution in [0, 0.1) is 5.82 Å². The standard InChI is InChI=1S/C18H14F4N2S/c19-15-7-3-13(4-8-15)16-10-24-17(25-16)11-23-9-12-1-5-14(6-2-12)18(20,21)22/h1-8,10,23H,9,11H2. The molecule has 0 aliphatic heterocycles. The van der Waals surface area contributed by atoms with Gasteiger partial charge in [0, 0.05) is 19.3 Å². The minimum absolute atomic E-state index is 0.285. The van der Waals surface area contributed by atoms with Gasteiger partial charge < -0.3 is 5.32 Å². The van der Waals surface area contributed by atoms with Crippen LogP contribution in [-0.4, -0.2) is 4.98 Å². The highest BCUT2D eigenvalue weighted by molar-refractivity contribution is 7.15. The Kier molecular flexibility index (Phi) is 5.15. The molecule has 0 aliphatic carbocycles. The molecule has 0 saturated heterocycles. The molecule has 0 aliphatic rings. The van der Waals surface area contributed by atoms with Gasteiger partial charge in [-0.05, 0) is 35.4 Å². The van der Waals surface area contributed by atoms with Gasteiger partial charge in [0.2, 0.25) is 0 Å². The predicted molar refractivity (Wildman–Crippen MR) is 89.5 cm³/mol. The lowest BCUT2D eigenvalue weighted by Crippen LogP contribution is -2.12. The van der Waals surface area contributed by atoms with Gasteiger partial charge in [-0.1, -0.05) is 24.3 Å². The number of nitrogens with zero attached hydrogens (tertiary/aromatic N) is 1. The molecule has 3 aromatic rings.